The summed E-state index contributed by atoms with van der Waals surface area (Å²) >= 11 is 0. The zero-order valence-corrected chi connectivity index (χ0v) is 10.7. The van der Waals surface area contributed by atoms with E-state index >= 15 is 0 Å². The minimum atomic E-state index is 0.146. The van der Waals surface area contributed by atoms with Crippen LogP contribution in [0.5, 0.6) is 0 Å². The number of nitrogens with zero attached hydrogens (tertiary/aromatic N) is 1. The van der Waals surface area contributed by atoms with Crippen molar-refractivity contribution < 1.29 is 4.79 Å². The van der Waals surface area contributed by atoms with Crippen LogP contribution in [0.2, 0.25) is 0 Å². The largest absolute Gasteiger partial charge is 0.341 e. The molecule has 96 valence electrons. The van der Waals surface area contributed by atoms with Crippen LogP contribution in [0.25, 0.3) is 0 Å². The zero-order valence-electron chi connectivity index (χ0n) is 10.7. The lowest BCUT2D eigenvalue weighted by Crippen LogP contribution is -2.55. The van der Waals surface area contributed by atoms with Crippen LogP contribution in [-0.4, -0.2) is 36.5 Å². The molecule has 3 atom stereocenters. The molecule has 3 rings (SSSR count). The van der Waals surface area contributed by atoms with Crippen LogP contribution in [0.3, 0.4) is 0 Å². The van der Waals surface area contributed by atoms with Gasteiger partial charge in [-0.1, -0.05) is 19.3 Å². The van der Waals surface area contributed by atoms with Crippen molar-refractivity contribution in [3.63, 3.8) is 0 Å². The van der Waals surface area contributed by atoms with Crippen molar-refractivity contribution in [2.75, 3.05) is 19.6 Å². The maximum Gasteiger partial charge on any atom is 0.240 e. The molecule has 3 heteroatoms. The highest BCUT2D eigenvalue weighted by atomic mass is 16.2. The number of carbonyl (C=O) groups is 1. The highest BCUT2D eigenvalue weighted by Gasteiger charge is 2.40. The predicted octanol–water partition coefficient (Wildman–Crippen LogP) is 1.78. The number of hydrogen-bond donors (Lipinski definition) is 1. The molecule has 2 saturated heterocycles. The van der Waals surface area contributed by atoms with Gasteiger partial charge in [-0.25, -0.2) is 0 Å². The van der Waals surface area contributed by atoms with Gasteiger partial charge in [-0.2, -0.15) is 0 Å². The highest BCUT2D eigenvalue weighted by molar-refractivity contribution is 5.82. The van der Waals surface area contributed by atoms with Crippen LogP contribution in [0, 0.1) is 11.8 Å². The summed E-state index contributed by atoms with van der Waals surface area (Å²) in [4.78, 5) is 14.6. The number of carbonyl (C=O) groups excluding carboxylic acids is 1. The molecule has 0 bridgehead atoms. The summed E-state index contributed by atoms with van der Waals surface area (Å²) in [5.41, 5.74) is 0. The summed E-state index contributed by atoms with van der Waals surface area (Å²) in [6.45, 7) is 3.04. The number of hydrogen-bond acceptors (Lipinski definition) is 2. The first-order chi connectivity index (χ1) is 8.36. The van der Waals surface area contributed by atoms with E-state index in [0.717, 1.165) is 25.6 Å². The summed E-state index contributed by atoms with van der Waals surface area (Å²) < 4.78 is 0. The Labute approximate surface area is 104 Å². The average Bonchev–Trinajstić information content (AvgIpc) is 2.91. The normalized spacial score (nSPS) is 37.9. The number of amides is 1. The van der Waals surface area contributed by atoms with Crippen LogP contribution >= 0.6 is 0 Å². The van der Waals surface area contributed by atoms with Crippen LogP contribution in [0.15, 0.2) is 0 Å². The molecule has 2 heterocycles. The van der Waals surface area contributed by atoms with E-state index in [1.807, 2.05) is 0 Å². The molecule has 1 amide bonds. The molecule has 3 aliphatic rings. The molecule has 2 aliphatic heterocycles. The van der Waals surface area contributed by atoms with Gasteiger partial charge in [0.05, 0.1) is 6.04 Å². The molecule has 1 N–H and O–H groups in total. The standard InChI is InChI=1S/C14H24N2O/c17-14(16-9-3-4-10-16)13-12-6-2-1-5-11(12)7-8-15-13/h11-13,15H,1-10H2. The molecule has 17 heavy (non-hydrogen) atoms. The Morgan fingerprint density at radius 1 is 1.00 bits per heavy atom. The zero-order chi connectivity index (χ0) is 11.7. The minimum Gasteiger partial charge on any atom is -0.341 e. The van der Waals surface area contributed by atoms with E-state index in [2.05, 4.69) is 10.2 Å². The van der Waals surface area contributed by atoms with Gasteiger partial charge in [0.1, 0.15) is 0 Å². The second kappa shape index (κ2) is 4.97. The topological polar surface area (TPSA) is 32.3 Å². The fourth-order valence-corrected chi connectivity index (χ4v) is 4.01. The Hall–Kier alpha value is -0.570. The van der Waals surface area contributed by atoms with Gasteiger partial charge in [-0.05, 0) is 44.1 Å². The Morgan fingerprint density at radius 3 is 2.59 bits per heavy atom. The third kappa shape index (κ3) is 2.22. The van der Waals surface area contributed by atoms with Crippen LogP contribution in [0.1, 0.15) is 44.9 Å². The van der Waals surface area contributed by atoms with Crippen LogP contribution in [-0.2, 0) is 4.79 Å². The second-order valence-corrected chi connectivity index (χ2v) is 5.96. The van der Waals surface area contributed by atoms with Gasteiger partial charge in [-0.15, -0.1) is 0 Å². The van der Waals surface area contributed by atoms with E-state index in [4.69, 9.17) is 0 Å². The Kier molecular flexibility index (Phi) is 3.37. The summed E-state index contributed by atoms with van der Waals surface area (Å²) in [5, 5.41) is 3.50. The summed E-state index contributed by atoms with van der Waals surface area (Å²) in [7, 11) is 0. The van der Waals surface area contributed by atoms with E-state index in [1.54, 1.807) is 0 Å². The van der Waals surface area contributed by atoms with Crippen molar-refractivity contribution >= 4 is 5.91 Å². The Bertz CT molecular complexity index is 284. The van der Waals surface area contributed by atoms with Crippen molar-refractivity contribution in [2.24, 2.45) is 11.8 Å². The summed E-state index contributed by atoms with van der Waals surface area (Å²) in [6.07, 6.45) is 9.02. The molecule has 0 spiro atoms. The van der Waals surface area contributed by atoms with Gasteiger partial charge in [0.2, 0.25) is 5.91 Å². The lowest BCUT2D eigenvalue weighted by Gasteiger charge is -2.42. The van der Waals surface area contributed by atoms with Gasteiger partial charge >= 0.3 is 0 Å². The maximum atomic E-state index is 12.5. The molecule has 0 aromatic carbocycles. The smallest absolute Gasteiger partial charge is 0.240 e. The molecule has 0 aromatic rings. The molecular formula is C14H24N2O. The SMILES string of the molecule is O=C(C1NCCC2CCCCC21)N1CCCC1. The molecule has 1 aliphatic carbocycles. The number of fused-ring (bicyclic) bond motifs is 1. The van der Waals surface area contributed by atoms with Crippen molar-refractivity contribution in [1.82, 2.24) is 10.2 Å². The van der Waals surface area contributed by atoms with Gasteiger partial charge in [0, 0.05) is 13.1 Å². The van der Waals surface area contributed by atoms with Gasteiger partial charge in [-0.3, -0.25) is 4.79 Å². The number of nitrogens with one attached hydrogen (secondary N) is 1. The highest BCUT2D eigenvalue weighted by Crippen LogP contribution is 2.37. The van der Waals surface area contributed by atoms with Gasteiger partial charge in [0.25, 0.3) is 0 Å². The Balaban J connectivity index is 1.69. The monoisotopic (exact) mass is 236 g/mol. The van der Waals surface area contributed by atoms with Crippen LogP contribution < -0.4 is 5.32 Å². The van der Waals surface area contributed by atoms with Crippen LogP contribution in [0.4, 0.5) is 0 Å². The minimum absolute atomic E-state index is 0.146. The predicted molar refractivity (Wildman–Crippen MR) is 67.7 cm³/mol. The van der Waals surface area contributed by atoms with E-state index in [-0.39, 0.29) is 6.04 Å². The second-order valence-electron chi connectivity index (χ2n) is 5.96. The molecule has 0 radical (unpaired) electrons. The maximum absolute atomic E-state index is 12.5. The number of likely N-dealkylation sites (tertiary alicyclic amines) is 1. The first-order valence-electron chi connectivity index (χ1n) is 7.38. The van der Waals surface area contributed by atoms with E-state index in [9.17, 15) is 4.79 Å². The van der Waals surface area contributed by atoms with E-state index in [1.165, 1.54) is 44.9 Å². The Morgan fingerprint density at radius 2 is 1.76 bits per heavy atom. The van der Waals surface area contributed by atoms with E-state index in [0.29, 0.717) is 11.8 Å². The lowest BCUT2D eigenvalue weighted by molar-refractivity contribution is -0.135. The molecule has 0 aromatic heterocycles. The van der Waals surface area contributed by atoms with Crippen molar-refractivity contribution in [2.45, 2.75) is 51.0 Å². The lowest BCUT2D eigenvalue weighted by atomic mass is 9.71. The average molecular weight is 236 g/mol. The third-order valence-electron chi connectivity index (χ3n) is 4.96. The first-order valence-corrected chi connectivity index (χ1v) is 7.38. The summed E-state index contributed by atoms with van der Waals surface area (Å²) in [5.74, 6) is 1.85. The molecule has 3 unspecified atom stereocenters. The van der Waals surface area contributed by atoms with E-state index < -0.39 is 0 Å². The number of piperidine rings is 1. The third-order valence-corrected chi connectivity index (χ3v) is 4.96. The van der Waals surface area contributed by atoms with Gasteiger partial charge in [0.15, 0.2) is 0 Å². The molecule has 3 fully saturated rings. The molecule has 3 nitrogen and oxygen atoms in total. The fraction of sp³-hybridized carbons (Fsp3) is 0.929. The summed E-state index contributed by atoms with van der Waals surface area (Å²) in [6, 6.07) is 0.146. The fourth-order valence-electron chi connectivity index (χ4n) is 4.01. The van der Waals surface area contributed by atoms with Crippen molar-refractivity contribution in [3.8, 4) is 0 Å². The first kappa shape index (κ1) is 11.5. The molecular weight excluding hydrogens is 212 g/mol. The molecule has 1 saturated carbocycles. The number of rotatable bonds is 1. The quantitative estimate of drug-likeness (QED) is 0.752. The van der Waals surface area contributed by atoms with Crippen molar-refractivity contribution in [3.05, 3.63) is 0 Å². The van der Waals surface area contributed by atoms with Crippen molar-refractivity contribution in [1.29, 1.82) is 0 Å². The van der Waals surface area contributed by atoms with Gasteiger partial charge < -0.3 is 10.2 Å².